The molecule has 0 spiro atoms. The van der Waals surface area contributed by atoms with Gasteiger partial charge in [0.1, 0.15) is 0 Å². The fourth-order valence-electron chi connectivity index (χ4n) is 3.56. The van der Waals surface area contributed by atoms with Gasteiger partial charge in [0.05, 0.1) is 13.2 Å². The normalized spacial score (nSPS) is 11.1. The molecule has 186 valence electrons. The Bertz CT molecular complexity index is 496. The van der Waals surface area contributed by atoms with Crippen LogP contribution < -0.4 is 0 Å². The predicted molar refractivity (Wildman–Crippen MR) is 135 cm³/mol. The summed E-state index contributed by atoms with van der Waals surface area (Å²) in [5, 5.41) is 0. The van der Waals surface area contributed by atoms with E-state index in [2.05, 4.69) is 13.5 Å². The molecule has 0 saturated heterocycles. The van der Waals surface area contributed by atoms with Crippen LogP contribution in [0.1, 0.15) is 129 Å². The molecule has 0 aromatic carbocycles. The zero-order valence-electron chi connectivity index (χ0n) is 21.1. The van der Waals surface area contributed by atoms with Crippen LogP contribution in [0.4, 0.5) is 0 Å². The van der Waals surface area contributed by atoms with Crippen molar-refractivity contribution < 1.29 is 19.1 Å². The molecule has 0 aliphatic heterocycles. The minimum atomic E-state index is -0.527. The van der Waals surface area contributed by atoms with Gasteiger partial charge < -0.3 is 9.47 Å². The van der Waals surface area contributed by atoms with Gasteiger partial charge in [0, 0.05) is 18.6 Å². The fraction of sp³-hybridized carbons (Fsp3) is 0.786. The Morgan fingerprint density at radius 3 is 1.31 bits per heavy atom. The second kappa shape index (κ2) is 24.1. The summed E-state index contributed by atoms with van der Waals surface area (Å²) in [5.41, 5.74) is 0.954. The van der Waals surface area contributed by atoms with Crippen molar-refractivity contribution in [1.29, 1.82) is 0 Å². The molecule has 0 radical (unpaired) electrons. The molecule has 0 atom stereocenters. The molecule has 0 bridgehead atoms. The van der Waals surface area contributed by atoms with E-state index < -0.39 is 11.9 Å². The van der Waals surface area contributed by atoms with Crippen LogP contribution in [0.15, 0.2) is 24.3 Å². The summed E-state index contributed by atoms with van der Waals surface area (Å²) in [4.78, 5) is 23.0. The Labute approximate surface area is 198 Å². The van der Waals surface area contributed by atoms with Crippen molar-refractivity contribution in [3.63, 3.8) is 0 Å². The van der Waals surface area contributed by atoms with Crippen molar-refractivity contribution in [3.05, 3.63) is 24.3 Å². The Morgan fingerprint density at radius 2 is 0.938 bits per heavy atom. The van der Waals surface area contributed by atoms with Gasteiger partial charge in [0.15, 0.2) is 0 Å². The van der Waals surface area contributed by atoms with Gasteiger partial charge in [-0.2, -0.15) is 0 Å². The van der Waals surface area contributed by atoms with Crippen molar-refractivity contribution >= 4 is 11.9 Å². The van der Waals surface area contributed by atoms with Crippen LogP contribution in [0.3, 0.4) is 0 Å². The minimum Gasteiger partial charge on any atom is -0.463 e. The largest absolute Gasteiger partial charge is 0.463 e. The first-order chi connectivity index (χ1) is 15.6. The van der Waals surface area contributed by atoms with Crippen LogP contribution in [0.2, 0.25) is 0 Å². The minimum absolute atomic E-state index is 0.285. The molecule has 0 heterocycles. The van der Waals surface area contributed by atoms with E-state index in [1.807, 2.05) is 6.92 Å². The molecule has 0 unspecified atom stereocenters. The molecular weight excluding hydrogens is 400 g/mol. The molecule has 0 fully saturated rings. The molecule has 4 nitrogen and oxygen atoms in total. The maximum absolute atomic E-state index is 11.6. The summed E-state index contributed by atoms with van der Waals surface area (Å²) in [7, 11) is 0. The van der Waals surface area contributed by atoms with Crippen LogP contribution in [-0.2, 0) is 19.1 Å². The number of unbranched alkanes of at least 4 members (excludes halogenated alkanes) is 16. The molecule has 0 rings (SSSR count). The highest BCUT2D eigenvalue weighted by molar-refractivity contribution is 5.91. The van der Waals surface area contributed by atoms with Gasteiger partial charge in [-0.05, 0) is 13.3 Å². The number of esters is 2. The van der Waals surface area contributed by atoms with E-state index in [-0.39, 0.29) is 6.61 Å². The van der Waals surface area contributed by atoms with Crippen molar-refractivity contribution in [1.82, 2.24) is 0 Å². The first kappa shape index (κ1) is 30.4. The van der Waals surface area contributed by atoms with Gasteiger partial charge >= 0.3 is 11.9 Å². The summed E-state index contributed by atoms with van der Waals surface area (Å²) in [6.45, 7) is 8.58. The lowest BCUT2D eigenvalue weighted by atomic mass is 10.0. The van der Waals surface area contributed by atoms with Crippen LogP contribution in [0, 0.1) is 0 Å². The molecule has 0 aliphatic rings. The van der Waals surface area contributed by atoms with Crippen molar-refractivity contribution in [2.45, 2.75) is 129 Å². The third kappa shape index (κ3) is 24.7. The number of rotatable bonds is 23. The first-order valence-corrected chi connectivity index (χ1v) is 13.2. The van der Waals surface area contributed by atoms with Crippen LogP contribution in [0.5, 0.6) is 0 Å². The molecule has 0 amide bonds. The third-order valence-corrected chi connectivity index (χ3v) is 5.62. The quantitative estimate of drug-likeness (QED) is 0.0680. The summed E-state index contributed by atoms with van der Waals surface area (Å²) in [6.07, 6.45) is 25.4. The lowest BCUT2D eigenvalue weighted by Crippen LogP contribution is -2.06. The number of carbonyl (C=O) groups is 2. The lowest BCUT2D eigenvalue weighted by molar-refractivity contribution is -0.140. The van der Waals surface area contributed by atoms with E-state index in [0.29, 0.717) is 13.0 Å². The van der Waals surface area contributed by atoms with Crippen LogP contribution in [0.25, 0.3) is 0 Å². The highest BCUT2D eigenvalue weighted by atomic mass is 16.5. The molecule has 0 aromatic heterocycles. The first-order valence-electron chi connectivity index (χ1n) is 13.2. The fourth-order valence-corrected chi connectivity index (χ4v) is 3.56. The van der Waals surface area contributed by atoms with E-state index in [1.165, 1.54) is 96.3 Å². The average molecular weight is 451 g/mol. The number of ether oxygens (including phenoxy) is 2. The van der Waals surface area contributed by atoms with E-state index in [4.69, 9.17) is 9.47 Å². The zero-order valence-corrected chi connectivity index (χ0v) is 21.1. The SMILES string of the molecule is C=C(C)CCOC(=O)/C=C/C(=O)OCCCCCCCCCCCCCCCCCCC. The summed E-state index contributed by atoms with van der Waals surface area (Å²) < 4.78 is 10.1. The topological polar surface area (TPSA) is 52.6 Å². The molecular formula is C28H50O4. The molecule has 0 saturated carbocycles. The maximum atomic E-state index is 11.6. The average Bonchev–Trinajstić information content (AvgIpc) is 2.76. The Balaban J connectivity index is 3.30. The Hall–Kier alpha value is -1.58. The number of carbonyl (C=O) groups excluding carboxylic acids is 2. The molecule has 0 aliphatic carbocycles. The monoisotopic (exact) mass is 450 g/mol. The Kier molecular flexibility index (Phi) is 22.9. The van der Waals surface area contributed by atoms with E-state index in [0.717, 1.165) is 30.6 Å². The van der Waals surface area contributed by atoms with Crippen molar-refractivity contribution in [2.75, 3.05) is 13.2 Å². The van der Waals surface area contributed by atoms with E-state index >= 15 is 0 Å². The summed E-state index contributed by atoms with van der Waals surface area (Å²) in [5.74, 6) is -1.01. The number of hydrogen-bond acceptors (Lipinski definition) is 4. The van der Waals surface area contributed by atoms with Gasteiger partial charge in [-0.3, -0.25) is 0 Å². The van der Waals surface area contributed by atoms with Gasteiger partial charge in [0.25, 0.3) is 0 Å². The van der Waals surface area contributed by atoms with Gasteiger partial charge in [-0.15, -0.1) is 6.58 Å². The van der Waals surface area contributed by atoms with Crippen LogP contribution >= 0.6 is 0 Å². The molecule has 0 aromatic rings. The smallest absolute Gasteiger partial charge is 0.331 e. The van der Waals surface area contributed by atoms with Gasteiger partial charge in [-0.25, -0.2) is 9.59 Å². The standard InChI is InChI=1S/C28H50O4/c1-4-5-6-7-8-9-10-11-12-13-14-15-16-17-18-19-20-24-31-27(29)21-22-28(30)32-25-23-26(2)3/h21-22H,2,4-20,23-25H2,1,3H3/b22-21+. The summed E-state index contributed by atoms with van der Waals surface area (Å²) in [6, 6.07) is 0. The van der Waals surface area contributed by atoms with Gasteiger partial charge in [0.2, 0.25) is 0 Å². The van der Waals surface area contributed by atoms with Crippen molar-refractivity contribution in [2.24, 2.45) is 0 Å². The van der Waals surface area contributed by atoms with Gasteiger partial charge in [-0.1, -0.05) is 115 Å². The van der Waals surface area contributed by atoms with E-state index in [9.17, 15) is 9.59 Å². The lowest BCUT2D eigenvalue weighted by Gasteiger charge is -2.04. The maximum Gasteiger partial charge on any atom is 0.331 e. The highest BCUT2D eigenvalue weighted by Gasteiger charge is 2.01. The second-order valence-electron chi connectivity index (χ2n) is 9.03. The summed E-state index contributed by atoms with van der Waals surface area (Å²) >= 11 is 0. The number of hydrogen-bond donors (Lipinski definition) is 0. The second-order valence-corrected chi connectivity index (χ2v) is 9.03. The Morgan fingerprint density at radius 1 is 0.594 bits per heavy atom. The third-order valence-electron chi connectivity index (χ3n) is 5.62. The van der Waals surface area contributed by atoms with Crippen molar-refractivity contribution in [3.8, 4) is 0 Å². The molecule has 4 heteroatoms. The molecule has 32 heavy (non-hydrogen) atoms. The van der Waals surface area contributed by atoms with E-state index in [1.54, 1.807) is 0 Å². The van der Waals surface area contributed by atoms with Crippen LogP contribution in [-0.4, -0.2) is 25.2 Å². The predicted octanol–water partition coefficient (Wildman–Crippen LogP) is 8.25. The molecule has 0 N–H and O–H groups in total. The zero-order chi connectivity index (χ0) is 23.7. The highest BCUT2D eigenvalue weighted by Crippen LogP contribution is 2.14.